The Bertz CT molecular complexity index is 405. The van der Waals surface area contributed by atoms with Crippen molar-refractivity contribution < 1.29 is 14.7 Å². The fraction of sp³-hybridized carbons (Fsp3) is 0.529. The highest BCUT2D eigenvalue weighted by molar-refractivity contribution is 5.73. The van der Waals surface area contributed by atoms with Gasteiger partial charge in [-0.1, -0.05) is 45.5 Å². The lowest BCUT2D eigenvalue weighted by Crippen LogP contribution is -2.32. The third-order valence-electron chi connectivity index (χ3n) is 2.80. The van der Waals surface area contributed by atoms with E-state index in [1.807, 2.05) is 38.1 Å². The maximum absolute atomic E-state index is 10.7. The smallest absolute Gasteiger partial charge is 0.320 e. The second-order valence-electron chi connectivity index (χ2n) is 4.38. The zero-order valence-electron chi connectivity index (χ0n) is 12.3. The van der Waals surface area contributed by atoms with E-state index in [9.17, 15) is 9.59 Å². The molecule has 1 aromatic rings. The number of unbranched alkanes of at least 4 members (excludes halogenated alkanes) is 2. The van der Waals surface area contributed by atoms with Crippen LogP contribution in [-0.2, 0) is 22.4 Å². The molecule has 0 aliphatic heterocycles. The van der Waals surface area contributed by atoms with Gasteiger partial charge in [0, 0.05) is 6.42 Å². The van der Waals surface area contributed by atoms with Crippen molar-refractivity contribution in [1.82, 2.24) is 0 Å². The molecule has 0 heterocycles. The summed E-state index contributed by atoms with van der Waals surface area (Å²) in [6.45, 7) is 4.00. The van der Waals surface area contributed by atoms with Crippen molar-refractivity contribution in [2.75, 3.05) is 0 Å². The first-order valence-electron chi connectivity index (χ1n) is 7.13. The summed E-state index contributed by atoms with van der Waals surface area (Å²) in [6.07, 6.45) is 4.64. The average molecular weight is 295 g/mol. The molecule has 1 rings (SSSR count). The number of aliphatic carboxylic acids is 1. The largest absolute Gasteiger partial charge is 0.480 e. The Morgan fingerprint density at radius 1 is 1.29 bits per heavy atom. The molecule has 0 saturated heterocycles. The van der Waals surface area contributed by atoms with Crippen LogP contribution in [0.2, 0.25) is 0 Å². The van der Waals surface area contributed by atoms with E-state index < -0.39 is 12.0 Å². The molecule has 4 nitrogen and oxygen atoms in total. The highest BCUT2D eigenvalue weighted by Crippen LogP contribution is 2.11. The summed E-state index contributed by atoms with van der Waals surface area (Å²) in [4.78, 5) is 20.9. The van der Waals surface area contributed by atoms with Crippen molar-refractivity contribution in [3.63, 3.8) is 0 Å². The quantitative estimate of drug-likeness (QED) is 0.570. The van der Waals surface area contributed by atoms with Gasteiger partial charge in [-0.2, -0.15) is 0 Å². The molecule has 0 aromatic heterocycles. The summed E-state index contributed by atoms with van der Waals surface area (Å²) in [5, 5.41) is 8.76. The van der Waals surface area contributed by atoms with E-state index in [1.54, 1.807) is 0 Å². The normalized spacial score (nSPS) is 10.6. The molecular formula is C17H29NO3. The van der Waals surface area contributed by atoms with E-state index in [0.29, 0.717) is 12.8 Å². The maximum Gasteiger partial charge on any atom is 0.320 e. The molecule has 0 aliphatic carbocycles. The highest BCUT2D eigenvalue weighted by atomic mass is 16.4. The van der Waals surface area contributed by atoms with Crippen LogP contribution in [0.1, 0.15) is 51.7 Å². The number of carboxylic acid groups (broad SMARTS) is 1. The molecule has 4 heteroatoms. The zero-order chi connectivity index (χ0) is 15.4. The molecule has 0 spiro atoms. The van der Waals surface area contributed by atoms with E-state index in [2.05, 4.69) is 0 Å². The van der Waals surface area contributed by atoms with Crippen LogP contribution in [0.5, 0.6) is 0 Å². The van der Waals surface area contributed by atoms with Crippen molar-refractivity contribution in [2.45, 2.75) is 59.4 Å². The molecule has 3 N–H and O–H groups in total. The second-order valence-corrected chi connectivity index (χ2v) is 4.38. The van der Waals surface area contributed by atoms with Gasteiger partial charge in [-0.15, -0.1) is 0 Å². The number of rotatable bonds is 8. The summed E-state index contributed by atoms with van der Waals surface area (Å²) in [5.41, 5.74) is 7.61. The fourth-order valence-corrected chi connectivity index (χ4v) is 1.81. The first-order chi connectivity index (χ1) is 9.63. The molecule has 1 aromatic carbocycles. The number of carbonyl (C=O) groups excluding carboxylic acids is 1. The molecule has 120 valence electrons. The Kier molecular flexibility index (Phi) is 13.7. The lowest BCUT2D eigenvalue weighted by Gasteiger charge is -2.08. The molecule has 21 heavy (non-hydrogen) atoms. The second kappa shape index (κ2) is 13.3. The van der Waals surface area contributed by atoms with Crippen LogP contribution in [0.15, 0.2) is 24.3 Å². The summed E-state index contributed by atoms with van der Waals surface area (Å²) in [7, 11) is 0. The Balaban J connectivity index is 0. The molecule has 0 bridgehead atoms. The van der Waals surface area contributed by atoms with Crippen molar-refractivity contribution in [3.05, 3.63) is 35.4 Å². The van der Waals surface area contributed by atoms with Crippen molar-refractivity contribution in [3.8, 4) is 0 Å². The molecular weight excluding hydrogens is 266 g/mol. The maximum atomic E-state index is 10.7. The number of hydrogen-bond acceptors (Lipinski definition) is 3. The van der Waals surface area contributed by atoms with Crippen molar-refractivity contribution >= 4 is 12.3 Å². The summed E-state index contributed by atoms with van der Waals surface area (Å²) in [5.74, 6) is -0.980. The van der Waals surface area contributed by atoms with E-state index in [4.69, 9.17) is 10.8 Å². The third kappa shape index (κ3) is 9.79. The van der Waals surface area contributed by atoms with Gasteiger partial charge >= 0.3 is 5.97 Å². The van der Waals surface area contributed by atoms with Crippen molar-refractivity contribution in [1.29, 1.82) is 0 Å². The van der Waals surface area contributed by atoms with E-state index in [-0.39, 0.29) is 7.43 Å². The number of hydrogen-bond donors (Lipinski definition) is 2. The molecule has 1 unspecified atom stereocenters. The fourth-order valence-electron chi connectivity index (χ4n) is 1.81. The Hall–Kier alpha value is -1.68. The molecule has 0 radical (unpaired) electrons. The predicted octanol–water partition coefficient (Wildman–Crippen LogP) is 3.22. The Labute approximate surface area is 128 Å². The van der Waals surface area contributed by atoms with Gasteiger partial charge in [0.15, 0.2) is 0 Å². The van der Waals surface area contributed by atoms with E-state index >= 15 is 0 Å². The van der Waals surface area contributed by atoms with Crippen LogP contribution < -0.4 is 5.73 Å². The number of carbonyl (C=O) groups is 2. The molecule has 0 aliphatic rings. The van der Waals surface area contributed by atoms with Gasteiger partial charge in [-0.25, -0.2) is 0 Å². The highest BCUT2D eigenvalue weighted by Gasteiger charge is 2.11. The number of aryl methyl sites for hydroxylation is 1. The SMILES string of the molecule is C.CC.NC(Cc1cccc(CCCCC=O)c1)C(=O)O. The number of carboxylic acids is 1. The summed E-state index contributed by atoms with van der Waals surface area (Å²) >= 11 is 0. The van der Waals surface area contributed by atoms with Crippen molar-refractivity contribution in [2.24, 2.45) is 5.73 Å². The lowest BCUT2D eigenvalue weighted by molar-refractivity contribution is -0.138. The van der Waals surface area contributed by atoms with Gasteiger partial charge in [-0.3, -0.25) is 4.79 Å². The van der Waals surface area contributed by atoms with Crippen LogP contribution in [0.4, 0.5) is 0 Å². The lowest BCUT2D eigenvalue weighted by atomic mass is 10.0. The van der Waals surface area contributed by atoms with Gasteiger partial charge < -0.3 is 15.6 Å². The minimum absolute atomic E-state index is 0. The van der Waals surface area contributed by atoms with E-state index in [1.165, 1.54) is 0 Å². The average Bonchev–Trinajstić information content (AvgIpc) is 2.46. The monoisotopic (exact) mass is 295 g/mol. The topological polar surface area (TPSA) is 80.4 Å². The minimum atomic E-state index is -0.980. The summed E-state index contributed by atoms with van der Waals surface area (Å²) < 4.78 is 0. The van der Waals surface area contributed by atoms with Crippen LogP contribution in [0, 0.1) is 0 Å². The molecule has 0 fully saturated rings. The molecule has 1 atom stereocenters. The number of aldehydes is 1. The Morgan fingerprint density at radius 2 is 1.90 bits per heavy atom. The van der Waals surface area contributed by atoms with Gasteiger partial charge in [0.2, 0.25) is 0 Å². The van der Waals surface area contributed by atoms with Gasteiger partial charge in [0.1, 0.15) is 12.3 Å². The standard InChI is InChI=1S/C14H19NO3.C2H6.CH4/c15-13(14(17)18)10-12-7-4-6-11(9-12)5-2-1-3-8-16;1-2;/h4,6-9,13H,1-3,5,10,15H2,(H,17,18);1-2H3;1H4. The molecule has 0 amide bonds. The van der Waals surface area contributed by atoms with Gasteiger partial charge in [-0.05, 0) is 36.8 Å². The van der Waals surface area contributed by atoms with Crippen LogP contribution >= 0.6 is 0 Å². The number of benzene rings is 1. The third-order valence-corrected chi connectivity index (χ3v) is 2.80. The summed E-state index contributed by atoms with van der Waals surface area (Å²) in [6, 6.07) is 6.95. The van der Waals surface area contributed by atoms with Crippen LogP contribution in [0.3, 0.4) is 0 Å². The number of nitrogens with two attached hydrogens (primary N) is 1. The zero-order valence-corrected chi connectivity index (χ0v) is 12.3. The Morgan fingerprint density at radius 3 is 2.48 bits per heavy atom. The first kappa shape index (κ1) is 21.6. The van der Waals surface area contributed by atoms with Crippen LogP contribution in [0.25, 0.3) is 0 Å². The first-order valence-corrected chi connectivity index (χ1v) is 7.13. The van der Waals surface area contributed by atoms with Gasteiger partial charge in [0.05, 0.1) is 0 Å². The minimum Gasteiger partial charge on any atom is -0.480 e. The van der Waals surface area contributed by atoms with E-state index in [0.717, 1.165) is 36.7 Å². The van der Waals surface area contributed by atoms with Crippen LogP contribution in [-0.4, -0.2) is 23.4 Å². The molecule has 0 saturated carbocycles. The predicted molar refractivity (Wildman–Crippen MR) is 87.5 cm³/mol. The van der Waals surface area contributed by atoms with Gasteiger partial charge in [0.25, 0.3) is 0 Å².